The van der Waals surface area contributed by atoms with Crippen molar-refractivity contribution < 1.29 is 14.3 Å². The van der Waals surface area contributed by atoms with Gasteiger partial charge in [-0.2, -0.15) is 0 Å². The Bertz CT molecular complexity index is 426. The molecule has 4 nitrogen and oxygen atoms in total. The van der Waals surface area contributed by atoms with Crippen molar-refractivity contribution in [1.82, 2.24) is 5.32 Å². The standard InChI is InChI=1S/C13H19NO3S/c1-8(2)7-10(13(16)17-4)14-12(15)11-6-5-9(3)18-11/h5-6,8,10H,7H2,1-4H3,(H,14,15). The van der Waals surface area contributed by atoms with Gasteiger partial charge in [-0.3, -0.25) is 4.79 Å². The first-order valence-electron chi connectivity index (χ1n) is 5.89. The molecule has 0 aliphatic carbocycles. The van der Waals surface area contributed by atoms with E-state index in [4.69, 9.17) is 4.74 Å². The van der Waals surface area contributed by atoms with Gasteiger partial charge in [0.2, 0.25) is 0 Å². The van der Waals surface area contributed by atoms with Crippen molar-refractivity contribution in [1.29, 1.82) is 0 Å². The van der Waals surface area contributed by atoms with E-state index < -0.39 is 12.0 Å². The minimum Gasteiger partial charge on any atom is -0.467 e. The Labute approximate surface area is 111 Å². The normalized spacial score (nSPS) is 12.3. The number of ether oxygens (including phenoxy) is 1. The summed E-state index contributed by atoms with van der Waals surface area (Å²) in [6.07, 6.45) is 0.572. The van der Waals surface area contributed by atoms with Crippen LogP contribution in [0, 0.1) is 12.8 Å². The van der Waals surface area contributed by atoms with Crippen molar-refractivity contribution in [2.24, 2.45) is 5.92 Å². The average Bonchev–Trinajstić information content (AvgIpc) is 2.73. The first kappa shape index (κ1) is 14.7. The van der Waals surface area contributed by atoms with Crippen molar-refractivity contribution in [2.45, 2.75) is 33.2 Å². The molecule has 0 saturated heterocycles. The highest BCUT2D eigenvalue weighted by Crippen LogP contribution is 2.15. The molecule has 0 aliphatic rings. The lowest BCUT2D eigenvalue weighted by Crippen LogP contribution is -2.42. The van der Waals surface area contributed by atoms with Crippen LogP contribution in [0.25, 0.3) is 0 Å². The van der Waals surface area contributed by atoms with E-state index in [2.05, 4.69) is 5.32 Å². The monoisotopic (exact) mass is 269 g/mol. The maximum absolute atomic E-state index is 12.0. The van der Waals surface area contributed by atoms with Gasteiger partial charge in [0.1, 0.15) is 6.04 Å². The SMILES string of the molecule is COC(=O)C(CC(C)C)NC(=O)c1ccc(C)s1. The topological polar surface area (TPSA) is 55.4 Å². The number of aryl methyl sites for hydroxylation is 1. The fourth-order valence-corrected chi connectivity index (χ4v) is 2.38. The van der Waals surface area contributed by atoms with Crippen molar-refractivity contribution in [3.8, 4) is 0 Å². The molecule has 0 spiro atoms. The van der Waals surface area contributed by atoms with Gasteiger partial charge in [-0.1, -0.05) is 13.8 Å². The first-order valence-corrected chi connectivity index (χ1v) is 6.70. The lowest BCUT2D eigenvalue weighted by atomic mass is 10.0. The zero-order valence-electron chi connectivity index (χ0n) is 11.1. The number of hydrogen-bond donors (Lipinski definition) is 1. The fraction of sp³-hybridized carbons (Fsp3) is 0.538. The number of thiophene rings is 1. The van der Waals surface area contributed by atoms with Gasteiger partial charge in [-0.05, 0) is 31.4 Å². The van der Waals surface area contributed by atoms with Gasteiger partial charge in [-0.15, -0.1) is 11.3 Å². The summed E-state index contributed by atoms with van der Waals surface area (Å²) in [6, 6.07) is 3.07. The summed E-state index contributed by atoms with van der Waals surface area (Å²) in [5.74, 6) is -0.311. The molecular formula is C13H19NO3S. The number of nitrogens with one attached hydrogen (secondary N) is 1. The van der Waals surface area contributed by atoms with Crippen LogP contribution in [0.1, 0.15) is 34.8 Å². The molecule has 0 aromatic carbocycles. The van der Waals surface area contributed by atoms with Crippen molar-refractivity contribution >= 4 is 23.2 Å². The Hall–Kier alpha value is -1.36. The molecule has 18 heavy (non-hydrogen) atoms. The molecule has 0 saturated carbocycles. The van der Waals surface area contributed by atoms with Crippen LogP contribution >= 0.6 is 11.3 Å². The molecule has 1 aromatic rings. The van der Waals surface area contributed by atoms with E-state index in [-0.39, 0.29) is 5.91 Å². The minimum atomic E-state index is -0.579. The Kier molecular flexibility index (Phi) is 5.34. The molecule has 1 aromatic heterocycles. The number of methoxy groups -OCH3 is 1. The van der Waals surface area contributed by atoms with Crippen molar-refractivity contribution in [3.05, 3.63) is 21.9 Å². The third-order valence-corrected chi connectivity index (χ3v) is 3.46. The van der Waals surface area contributed by atoms with E-state index in [0.29, 0.717) is 17.2 Å². The van der Waals surface area contributed by atoms with Crippen LogP contribution in [0.3, 0.4) is 0 Å². The van der Waals surface area contributed by atoms with Gasteiger partial charge >= 0.3 is 5.97 Å². The summed E-state index contributed by atoms with van der Waals surface area (Å²) in [6.45, 7) is 5.93. The Morgan fingerprint density at radius 1 is 1.39 bits per heavy atom. The summed E-state index contributed by atoms with van der Waals surface area (Å²) in [5, 5.41) is 2.73. The highest BCUT2D eigenvalue weighted by Gasteiger charge is 2.23. The highest BCUT2D eigenvalue weighted by molar-refractivity contribution is 7.13. The summed E-state index contributed by atoms with van der Waals surface area (Å²) >= 11 is 1.41. The quantitative estimate of drug-likeness (QED) is 0.835. The zero-order chi connectivity index (χ0) is 13.7. The number of carbonyl (C=O) groups excluding carboxylic acids is 2. The average molecular weight is 269 g/mol. The minimum absolute atomic E-state index is 0.218. The maximum Gasteiger partial charge on any atom is 0.328 e. The van der Waals surface area contributed by atoms with Crippen molar-refractivity contribution in [3.63, 3.8) is 0 Å². The molecular weight excluding hydrogens is 250 g/mol. The molecule has 1 amide bonds. The van der Waals surface area contributed by atoms with Gasteiger partial charge in [-0.25, -0.2) is 4.79 Å². The highest BCUT2D eigenvalue weighted by atomic mass is 32.1. The van der Waals surface area contributed by atoms with E-state index in [0.717, 1.165) is 4.88 Å². The van der Waals surface area contributed by atoms with Gasteiger partial charge in [0, 0.05) is 4.88 Å². The third-order valence-electron chi connectivity index (χ3n) is 2.46. The molecule has 5 heteroatoms. The Balaban J connectivity index is 2.71. The largest absolute Gasteiger partial charge is 0.467 e. The second-order valence-electron chi connectivity index (χ2n) is 4.59. The molecule has 0 fully saturated rings. The smallest absolute Gasteiger partial charge is 0.328 e. The fourth-order valence-electron chi connectivity index (χ4n) is 1.61. The van der Waals surface area contributed by atoms with E-state index in [9.17, 15) is 9.59 Å². The van der Waals surface area contributed by atoms with E-state index in [1.807, 2.05) is 26.8 Å². The van der Waals surface area contributed by atoms with E-state index in [1.54, 1.807) is 6.07 Å². The first-order chi connectivity index (χ1) is 8.43. The van der Waals surface area contributed by atoms with Crippen LogP contribution in [0.2, 0.25) is 0 Å². The lowest BCUT2D eigenvalue weighted by molar-refractivity contribution is -0.143. The van der Waals surface area contributed by atoms with E-state index >= 15 is 0 Å². The molecule has 1 unspecified atom stereocenters. The summed E-state index contributed by atoms with van der Waals surface area (Å²) in [7, 11) is 1.33. The van der Waals surface area contributed by atoms with Crippen LogP contribution in [0.15, 0.2) is 12.1 Å². The zero-order valence-corrected chi connectivity index (χ0v) is 12.0. The van der Waals surface area contributed by atoms with Gasteiger partial charge < -0.3 is 10.1 Å². The summed E-state index contributed by atoms with van der Waals surface area (Å²) in [4.78, 5) is 25.2. The summed E-state index contributed by atoms with van der Waals surface area (Å²) in [5.41, 5.74) is 0. The molecule has 1 N–H and O–H groups in total. The van der Waals surface area contributed by atoms with Crippen LogP contribution in [0.5, 0.6) is 0 Å². The van der Waals surface area contributed by atoms with Crippen LogP contribution in [-0.4, -0.2) is 25.0 Å². The molecule has 0 aliphatic heterocycles. The van der Waals surface area contributed by atoms with E-state index in [1.165, 1.54) is 18.4 Å². The predicted molar refractivity (Wildman–Crippen MR) is 71.8 cm³/mol. The molecule has 100 valence electrons. The molecule has 1 rings (SSSR count). The maximum atomic E-state index is 12.0. The van der Waals surface area contributed by atoms with Crippen LogP contribution in [0.4, 0.5) is 0 Å². The van der Waals surface area contributed by atoms with Crippen LogP contribution < -0.4 is 5.32 Å². The number of carbonyl (C=O) groups is 2. The second kappa shape index (κ2) is 6.54. The molecule has 0 radical (unpaired) electrons. The van der Waals surface area contributed by atoms with Crippen LogP contribution in [-0.2, 0) is 9.53 Å². The Morgan fingerprint density at radius 3 is 2.50 bits per heavy atom. The number of hydrogen-bond acceptors (Lipinski definition) is 4. The Morgan fingerprint density at radius 2 is 2.06 bits per heavy atom. The number of rotatable bonds is 5. The second-order valence-corrected chi connectivity index (χ2v) is 5.88. The van der Waals surface area contributed by atoms with Gasteiger partial charge in [0.25, 0.3) is 5.91 Å². The van der Waals surface area contributed by atoms with Gasteiger partial charge in [0.05, 0.1) is 12.0 Å². The summed E-state index contributed by atoms with van der Waals surface area (Å²) < 4.78 is 4.70. The predicted octanol–water partition coefficient (Wildman–Crippen LogP) is 2.37. The lowest BCUT2D eigenvalue weighted by Gasteiger charge is -2.17. The number of amides is 1. The molecule has 0 bridgehead atoms. The van der Waals surface area contributed by atoms with Crippen molar-refractivity contribution in [2.75, 3.05) is 7.11 Å². The number of esters is 1. The molecule has 1 atom stereocenters. The van der Waals surface area contributed by atoms with Gasteiger partial charge in [0.15, 0.2) is 0 Å². The molecule has 1 heterocycles. The third kappa shape index (κ3) is 4.14.